The summed E-state index contributed by atoms with van der Waals surface area (Å²) in [6.45, 7) is 7.69. The smallest absolute Gasteiger partial charge is 0.261 e. The van der Waals surface area contributed by atoms with Gasteiger partial charge in [-0.25, -0.2) is 0 Å². The van der Waals surface area contributed by atoms with Crippen molar-refractivity contribution < 1.29 is 4.79 Å². The van der Waals surface area contributed by atoms with Gasteiger partial charge >= 0.3 is 0 Å². The highest BCUT2D eigenvalue weighted by molar-refractivity contribution is 7.20. The SMILES string of the molecule is Cc1nn(CC(C)C)c2sc(C(=O)NCc3cc4ccccc4[nH]3)cc12. The number of aryl methyl sites for hydroxylation is 1. The minimum Gasteiger partial charge on any atom is -0.357 e. The number of nitrogens with zero attached hydrogens (tertiary/aromatic N) is 2. The van der Waals surface area contributed by atoms with Crippen LogP contribution in [0.5, 0.6) is 0 Å². The molecule has 6 heteroatoms. The number of amides is 1. The van der Waals surface area contributed by atoms with Crippen molar-refractivity contribution in [1.29, 1.82) is 0 Å². The van der Waals surface area contributed by atoms with E-state index in [1.54, 1.807) is 0 Å². The number of hydrogen-bond donors (Lipinski definition) is 2. The Morgan fingerprint density at radius 1 is 1.31 bits per heavy atom. The van der Waals surface area contributed by atoms with E-state index in [0.29, 0.717) is 12.5 Å². The van der Waals surface area contributed by atoms with Crippen LogP contribution in [0, 0.1) is 12.8 Å². The fourth-order valence-corrected chi connectivity index (χ4v) is 4.27. The van der Waals surface area contributed by atoms with Crippen LogP contribution in [0.4, 0.5) is 0 Å². The molecule has 1 aromatic carbocycles. The molecule has 0 radical (unpaired) electrons. The van der Waals surface area contributed by atoms with E-state index in [1.807, 2.05) is 35.9 Å². The summed E-state index contributed by atoms with van der Waals surface area (Å²) in [6.07, 6.45) is 0. The van der Waals surface area contributed by atoms with Crippen molar-refractivity contribution in [3.05, 3.63) is 52.7 Å². The molecule has 0 aliphatic carbocycles. The Labute approximate surface area is 156 Å². The molecule has 0 aliphatic rings. The van der Waals surface area contributed by atoms with Gasteiger partial charge in [-0.3, -0.25) is 9.48 Å². The van der Waals surface area contributed by atoms with Gasteiger partial charge < -0.3 is 10.3 Å². The van der Waals surface area contributed by atoms with Gasteiger partial charge in [0.2, 0.25) is 0 Å². The molecule has 0 bridgehead atoms. The van der Waals surface area contributed by atoms with Gasteiger partial charge in [-0.2, -0.15) is 5.10 Å². The zero-order valence-corrected chi connectivity index (χ0v) is 16.0. The lowest BCUT2D eigenvalue weighted by Crippen LogP contribution is -2.21. The van der Waals surface area contributed by atoms with E-state index >= 15 is 0 Å². The lowest BCUT2D eigenvalue weighted by atomic mass is 10.2. The second-order valence-electron chi connectivity index (χ2n) is 7.06. The molecular weight excluding hydrogens is 344 g/mol. The molecule has 26 heavy (non-hydrogen) atoms. The number of fused-ring (bicyclic) bond motifs is 2. The maximum atomic E-state index is 12.6. The molecule has 5 nitrogen and oxygen atoms in total. The van der Waals surface area contributed by atoms with Crippen LogP contribution in [0.1, 0.15) is 34.9 Å². The fourth-order valence-electron chi connectivity index (χ4n) is 3.19. The van der Waals surface area contributed by atoms with E-state index in [1.165, 1.54) is 11.3 Å². The fraction of sp³-hybridized carbons (Fsp3) is 0.300. The number of nitrogens with one attached hydrogen (secondary N) is 2. The third-order valence-corrected chi connectivity index (χ3v) is 5.54. The number of aromatic amines is 1. The molecule has 134 valence electrons. The molecule has 0 unspecified atom stereocenters. The summed E-state index contributed by atoms with van der Waals surface area (Å²) in [5.41, 5.74) is 3.07. The average Bonchev–Trinajstić information content (AvgIpc) is 3.28. The molecule has 2 N–H and O–H groups in total. The Hall–Kier alpha value is -2.60. The maximum Gasteiger partial charge on any atom is 0.261 e. The molecule has 0 saturated heterocycles. The second-order valence-corrected chi connectivity index (χ2v) is 8.09. The van der Waals surface area contributed by atoms with Gasteiger partial charge in [-0.1, -0.05) is 32.0 Å². The highest BCUT2D eigenvalue weighted by Gasteiger charge is 2.16. The van der Waals surface area contributed by atoms with Crippen molar-refractivity contribution in [1.82, 2.24) is 20.1 Å². The highest BCUT2D eigenvalue weighted by Crippen LogP contribution is 2.29. The van der Waals surface area contributed by atoms with Crippen LogP contribution in [-0.2, 0) is 13.1 Å². The molecule has 3 heterocycles. The van der Waals surface area contributed by atoms with Crippen LogP contribution < -0.4 is 5.32 Å². The van der Waals surface area contributed by atoms with Crippen molar-refractivity contribution in [2.24, 2.45) is 5.92 Å². The zero-order chi connectivity index (χ0) is 18.3. The van der Waals surface area contributed by atoms with Gasteiger partial charge in [-0.05, 0) is 36.4 Å². The van der Waals surface area contributed by atoms with Gasteiger partial charge in [-0.15, -0.1) is 11.3 Å². The Morgan fingerprint density at radius 3 is 2.88 bits per heavy atom. The van der Waals surface area contributed by atoms with Gasteiger partial charge in [0, 0.05) is 23.1 Å². The molecule has 0 saturated carbocycles. The summed E-state index contributed by atoms with van der Waals surface area (Å²) in [5, 5.41) is 9.85. The summed E-state index contributed by atoms with van der Waals surface area (Å²) in [4.78, 5) is 17.7. The minimum absolute atomic E-state index is 0.0413. The van der Waals surface area contributed by atoms with Gasteiger partial charge in [0.05, 0.1) is 17.1 Å². The largest absolute Gasteiger partial charge is 0.357 e. The number of hydrogen-bond acceptors (Lipinski definition) is 3. The minimum atomic E-state index is -0.0413. The third-order valence-electron chi connectivity index (χ3n) is 4.39. The lowest BCUT2D eigenvalue weighted by Gasteiger charge is -2.05. The second kappa shape index (κ2) is 6.61. The number of para-hydroxylation sites is 1. The van der Waals surface area contributed by atoms with Crippen LogP contribution in [0.25, 0.3) is 21.1 Å². The number of H-pyrrole nitrogens is 1. The first-order valence-electron chi connectivity index (χ1n) is 8.83. The first-order chi connectivity index (χ1) is 12.5. The Morgan fingerprint density at radius 2 is 2.12 bits per heavy atom. The van der Waals surface area contributed by atoms with Gasteiger partial charge in [0.15, 0.2) is 0 Å². The predicted molar refractivity (Wildman–Crippen MR) is 107 cm³/mol. The van der Waals surface area contributed by atoms with Crippen molar-refractivity contribution >= 4 is 38.4 Å². The molecule has 4 rings (SSSR count). The molecule has 0 aliphatic heterocycles. The summed E-state index contributed by atoms with van der Waals surface area (Å²) >= 11 is 1.51. The lowest BCUT2D eigenvalue weighted by molar-refractivity contribution is 0.0954. The number of thiophene rings is 1. The first kappa shape index (κ1) is 16.8. The van der Waals surface area contributed by atoms with Crippen molar-refractivity contribution in [2.45, 2.75) is 33.9 Å². The summed E-state index contributed by atoms with van der Waals surface area (Å²) in [5.74, 6) is 0.472. The molecular formula is C20H22N4OS. The Kier molecular flexibility index (Phi) is 4.28. The van der Waals surface area contributed by atoms with Crippen molar-refractivity contribution in [3.8, 4) is 0 Å². The summed E-state index contributed by atoms with van der Waals surface area (Å²) < 4.78 is 2.02. The van der Waals surface area contributed by atoms with E-state index in [2.05, 4.69) is 41.4 Å². The molecule has 4 aromatic rings. The maximum absolute atomic E-state index is 12.6. The molecule has 1 amide bonds. The number of rotatable bonds is 5. The van der Waals surface area contributed by atoms with E-state index in [0.717, 1.165) is 43.9 Å². The van der Waals surface area contributed by atoms with E-state index in [-0.39, 0.29) is 5.91 Å². The number of carbonyl (C=O) groups is 1. The monoisotopic (exact) mass is 366 g/mol. The summed E-state index contributed by atoms with van der Waals surface area (Å²) in [7, 11) is 0. The van der Waals surface area contributed by atoms with Crippen LogP contribution in [0.2, 0.25) is 0 Å². The number of aromatic nitrogens is 3. The Balaban J connectivity index is 1.52. The first-order valence-corrected chi connectivity index (χ1v) is 9.64. The Bertz CT molecular complexity index is 1050. The number of benzene rings is 1. The van der Waals surface area contributed by atoms with E-state index < -0.39 is 0 Å². The predicted octanol–water partition coefficient (Wildman–Crippen LogP) is 4.47. The normalized spacial score (nSPS) is 11.7. The highest BCUT2D eigenvalue weighted by atomic mass is 32.1. The molecule has 0 atom stereocenters. The van der Waals surface area contributed by atoms with Crippen molar-refractivity contribution in [2.75, 3.05) is 0 Å². The third kappa shape index (κ3) is 3.12. The van der Waals surface area contributed by atoms with Crippen LogP contribution >= 0.6 is 11.3 Å². The molecule has 0 spiro atoms. The topological polar surface area (TPSA) is 62.7 Å². The average molecular weight is 366 g/mol. The van der Waals surface area contributed by atoms with E-state index in [9.17, 15) is 4.79 Å². The zero-order valence-electron chi connectivity index (χ0n) is 15.2. The van der Waals surface area contributed by atoms with E-state index in [4.69, 9.17) is 0 Å². The quantitative estimate of drug-likeness (QED) is 0.547. The van der Waals surface area contributed by atoms with Gasteiger partial charge in [0.25, 0.3) is 5.91 Å². The van der Waals surface area contributed by atoms with Crippen LogP contribution in [0.15, 0.2) is 36.4 Å². The molecule has 3 aromatic heterocycles. The van der Waals surface area contributed by atoms with Gasteiger partial charge in [0.1, 0.15) is 4.83 Å². The standard InChI is InChI=1S/C20H22N4OS/c1-12(2)11-24-20-16(13(3)23-24)9-18(26-20)19(25)21-10-15-8-14-6-4-5-7-17(14)22-15/h4-9,12,22H,10-11H2,1-3H3,(H,21,25). The van der Waals surface area contributed by atoms with Crippen molar-refractivity contribution in [3.63, 3.8) is 0 Å². The van der Waals surface area contributed by atoms with Crippen LogP contribution in [0.3, 0.4) is 0 Å². The van der Waals surface area contributed by atoms with Crippen LogP contribution in [-0.4, -0.2) is 20.7 Å². The summed E-state index contributed by atoms with van der Waals surface area (Å²) in [6, 6.07) is 12.1. The molecule has 0 fully saturated rings. The number of carbonyl (C=O) groups excluding carboxylic acids is 1.